The molecule has 1 heterocycles. The van der Waals surface area contributed by atoms with Gasteiger partial charge < -0.3 is 0 Å². The fourth-order valence-electron chi connectivity index (χ4n) is 3.36. The summed E-state index contributed by atoms with van der Waals surface area (Å²) >= 11 is 0. The van der Waals surface area contributed by atoms with Gasteiger partial charge in [-0.1, -0.05) is 51.5 Å². The van der Waals surface area contributed by atoms with Gasteiger partial charge in [0.25, 0.3) is 0 Å². The molecular weight excluding hydrogens is 246 g/mol. The van der Waals surface area contributed by atoms with E-state index in [0.29, 0.717) is 18.4 Å². The molecule has 110 valence electrons. The number of rotatable bonds is 5. The van der Waals surface area contributed by atoms with Gasteiger partial charge in [0.15, 0.2) is 5.78 Å². The van der Waals surface area contributed by atoms with E-state index in [9.17, 15) is 4.79 Å². The molecule has 1 aliphatic rings. The van der Waals surface area contributed by atoms with Crippen molar-refractivity contribution in [1.29, 1.82) is 0 Å². The van der Waals surface area contributed by atoms with Gasteiger partial charge in [0, 0.05) is 18.7 Å². The van der Waals surface area contributed by atoms with Crippen LogP contribution in [0.2, 0.25) is 0 Å². The molecule has 0 amide bonds. The van der Waals surface area contributed by atoms with Gasteiger partial charge in [-0.25, -0.2) is 0 Å². The lowest BCUT2D eigenvalue weighted by Gasteiger charge is -2.34. The van der Waals surface area contributed by atoms with Gasteiger partial charge in [0.1, 0.15) is 0 Å². The lowest BCUT2D eigenvalue weighted by Crippen LogP contribution is -2.41. The van der Waals surface area contributed by atoms with Crippen LogP contribution in [-0.4, -0.2) is 30.3 Å². The maximum atomic E-state index is 12.4. The van der Waals surface area contributed by atoms with E-state index in [-0.39, 0.29) is 5.78 Å². The Morgan fingerprint density at radius 1 is 1.15 bits per heavy atom. The molecule has 1 aromatic carbocycles. The van der Waals surface area contributed by atoms with Crippen LogP contribution in [0.15, 0.2) is 24.3 Å². The summed E-state index contributed by atoms with van der Waals surface area (Å²) in [6.07, 6.45) is 3.53. The summed E-state index contributed by atoms with van der Waals surface area (Å²) in [6.45, 7) is 9.44. The molecule has 0 spiro atoms. The van der Waals surface area contributed by atoms with Gasteiger partial charge >= 0.3 is 0 Å². The molecule has 20 heavy (non-hydrogen) atoms. The first kappa shape index (κ1) is 15.2. The normalized spacial score (nSPS) is 23.8. The fraction of sp³-hybridized carbons (Fsp3) is 0.611. The van der Waals surface area contributed by atoms with Crippen LogP contribution in [0.1, 0.15) is 49.5 Å². The van der Waals surface area contributed by atoms with Crippen LogP contribution in [0.4, 0.5) is 0 Å². The molecule has 1 fully saturated rings. The minimum atomic E-state index is 0.259. The number of nitrogens with zero attached hydrogens (tertiary/aromatic N) is 1. The minimum absolute atomic E-state index is 0.259. The molecule has 0 bridgehead atoms. The number of aryl methyl sites for hydroxylation is 1. The van der Waals surface area contributed by atoms with Gasteiger partial charge in [-0.05, 0) is 30.2 Å². The Balaban J connectivity index is 1.93. The SMILES string of the molecule is CCCc1ccc(C(=O)CN2CC(C)CC(C)C2)cc1. The summed E-state index contributed by atoms with van der Waals surface area (Å²) in [5.41, 5.74) is 2.18. The van der Waals surface area contributed by atoms with Crippen LogP contribution in [-0.2, 0) is 6.42 Å². The molecule has 2 nitrogen and oxygen atoms in total. The monoisotopic (exact) mass is 273 g/mol. The smallest absolute Gasteiger partial charge is 0.176 e. The maximum Gasteiger partial charge on any atom is 0.176 e. The molecule has 0 aliphatic carbocycles. The number of hydrogen-bond acceptors (Lipinski definition) is 2. The van der Waals surface area contributed by atoms with E-state index in [0.717, 1.165) is 31.5 Å². The summed E-state index contributed by atoms with van der Waals surface area (Å²) in [4.78, 5) is 14.7. The molecule has 1 aromatic rings. The van der Waals surface area contributed by atoms with E-state index >= 15 is 0 Å². The average Bonchev–Trinajstić information content (AvgIpc) is 2.38. The predicted octanol–water partition coefficient (Wildman–Crippen LogP) is 3.80. The number of benzene rings is 1. The van der Waals surface area contributed by atoms with E-state index in [1.165, 1.54) is 12.0 Å². The van der Waals surface area contributed by atoms with Crippen molar-refractivity contribution in [2.45, 2.75) is 40.0 Å². The zero-order chi connectivity index (χ0) is 14.5. The van der Waals surface area contributed by atoms with E-state index in [1.54, 1.807) is 0 Å². The molecule has 2 unspecified atom stereocenters. The van der Waals surface area contributed by atoms with Crippen LogP contribution in [0.5, 0.6) is 0 Å². The molecule has 2 rings (SSSR count). The largest absolute Gasteiger partial charge is 0.295 e. The highest BCUT2D eigenvalue weighted by atomic mass is 16.1. The zero-order valence-corrected chi connectivity index (χ0v) is 13.1. The second-order valence-corrected chi connectivity index (χ2v) is 6.51. The van der Waals surface area contributed by atoms with E-state index in [1.807, 2.05) is 12.1 Å². The van der Waals surface area contributed by atoms with Gasteiger partial charge in [-0.2, -0.15) is 0 Å². The molecule has 0 saturated carbocycles. The van der Waals surface area contributed by atoms with Crippen molar-refractivity contribution < 1.29 is 4.79 Å². The Bertz CT molecular complexity index is 427. The lowest BCUT2D eigenvalue weighted by atomic mass is 9.91. The zero-order valence-electron chi connectivity index (χ0n) is 13.1. The number of carbonyl (C=O) groups excluding carboxylic acids is 1. The third-order valence-electron chi connectivity index (χ3n) is 4.13. The first-order valence-electron chi connectivity index (χ1n) is 7.93. The summed E-state index contributed by atoms with van der Waals surface area (Å²) in [5, 5.41) is 0. The van der Waals surface area contributed by atoms with Crippen molar-refractivity contribution in [3.8, 4) is 0 Å². The van der Waals surface area contributed by atoms with Crippen LogP contribution >= 0.6 is 0 Å². The van der Waals surface area contributed by atoms with Crippen LogP contribution in [0.25, 0.3) is 0 Å². The highest BCUT2D eigenvalue weighted by Crippen LogP contribution is 2.21. The summed E-state index contributed by atoms with van der Waals surface area (Å²) < 4.78 is 0. The number of carbonyl (C=O) groups is 1. The number of likely N-dealkylation sites (tertiary alicyclic amines) is 1. The van der Waals surface area contributed by atoms with Crippen molar-refractivity contribution in [2.24, 2.45) is 11.8 Å². The van der Waals surface area contributed by atoms with Crippen LogP contribution < -0.4 is 0 Å². The number of hydrogen-bond donors (Lipinski definition) is 0. The standard InChI is InChI=1S/C18H27NO/c1-4-5-16-6-8-17(9-7-16)18(20)13-19-11-14(2)10-15(3)12-19/h6-9,14-15H,4-5,10-13H2,1-3H3. The lowest BCUT2D eigenvalue weighted by molar-refractivity contribution is 0.0849. The molecule has 0 N–H and O–H groups in total. The molecule has 1 aliphatic heterocycles. The molecule has 0 radical (unpaired) electrons. The Morgan fingerprint density at radius 3 is 2.30 bits per heavy atom. The summed E-state index contributed by atoms with van der Waals surface area (Å²) in [7, 11) is 0. The van der Waals surface area contributed by atoms with E-state index in [2.05, 4.69) is 37.8 Å². The molecule has 2 heteroatoms. The second kappa shape index (κ2) is 7.03. The molecular formula is C18H27NO. The first-order chi connectivity index (χ1) is 9.58. The Hall–Kier alpha value is -1.15. The third kappa shape index (κ3) is 4.17. The third-order valence-corrected chi connectivity index (χ3v) is 4.13. The van der Waals surface area contributed by atoms with Gasteiger partial charge in [0.05, 0.1) is 6.54 Å². The fourth-order valence-corrected chi connectivity index (χ4v) is 3.36. The summed E-state index contributed by atoms with van der Waals surface area (Å²) in [5.74, 6) is 1.67. The van der Waals surface area contributed by atoms with Crippen molar-refractivity contribution in [3.05, 3.63) is 35.4 Å². The van der Waals surface area contributed by atoms with E-state index < -0.39 is 0 Å². The average molecular weight is 273 g/mol. The maximum absolute atomic E-state index is 12.4. The predicted molar refractivity (Wildman–Crippen MR) is 84.2 cm³/mol. The highest BCUT2D eigenvalue weighted by Gasteiger charge is 2.23. The van der Waals surface area contributed by atoms with Crippen molar-refractivity contribution in [3.63, 3.8) is 0 Å². The van der Waals surface area contributed by atoms with Crippen molar-refractivity contribution in [2.75, 3.05) is 19.6 Å². The second-order valence-electron chi connectivity index (χ2n) is 6.51. The summed E-state index contributed by atoms with van der Waals surface area (Å²) in [6, 6.07) is 8.17. The number of Topliss-reactive ketones (excluding diaryl/α,β-unsaturated/α-hetero) is 1. The number of piperidine rings is 1. The van der Waals surface area contributed by atoms with Gasteiger partial charge in [0.2, 0.25) is 0 Å². The Labute approximate surface area is 123 Å². The minimum Gasteiger partial charge on any atom is -0.295 e. The van der Waals surface area contributed by atoms with Gasteiger partial charge in [-0.3, -0.25) is 9.69 Å². The van der Waals surface area contributed by atoms with Crippen molar-refractivity contribution in [1.82, 2.24) is 4.90 Å². The van der Waals surface area contributed by atoms with E-state index in [4.69, 9.17) is 0 Å². The molecule has 2 atom stereocenters. The number of ketones is 1. The molecule has 1 saturated heterocycles. The quantitative estimate of drug-likeness (QED) is 0.761. The van der Waals surface area contributed by atoms with Crippen LogP contribution in [0.3, 0.4) is 0 Å². The van der Waals surface area contributed by atoms with Crippen LogP contribution in [0, 0.1) is 11.8 Å². The highest BCUT2D eigenvalue weighted by molar-refractivity contribution is 5.97. The topological polar surface area (TPSA) is 20.3 Å². The van der Waals surface area contributed by atoms with Gasteiger partial charge in [-0.15, -0.1) is 0 Å². The Morgan fingerprint density at radius 2 is 1.75 bits per heavy atom. The molecule has 0 aromatic heterocycles. The Kier molecular flexibility index (Phi) is 5.36. The first-order valence-corrected chi connectivity index (χ1v) is 7.93. The van der Waals surface area contributed by atoms with Crippen molar-refractivity contribution >= 4 is 5.78 Å².